The third kappa shape index (κ3) is 2.64. The summed E-state index contributed by atoms with van der Waals surface area (Å²) in [5.74, 6) is 0.623. The molecule has 2 aromatic rings. The van der Waals surface area contributed by atoms with Gasteiger partial charge in [-0.2, -0.15) is 0 Å². The number of amides is 1. The third-order valence-electron chi connectivity index (χ3n) is 4.17. The maximum absolute atomic E-state index is 13.0. The first-order chi connectivity index (χ1) is 10.7. The minimum atomic E-state index is 0.0194. The molecule has 3 rings (SSSR count). The van der Waals surface area contributed by atoms with Crippen molar-refractivity contribution in [2.75, 3.05) is 19.6 Å². The largest absolute Gasteiger partial charge is 0.361 e. The van der Waals surface area contributed by atoms with Gasteiger partial charge >= 0.3 is 0 Å². The minimum Gasteiger partial charge on any atom is -0.361 e. The van der Waals surface area contributed by atoms with Gasteiger partial charge in [-0.05, 0) is 18.9 Å². The van der Waals surface area contributed by atoms with Crippen LogP contribution in [-0.2, 0) is 6.42 Å². The van der Waals surface area contributed by atoms with Crippen LogP contribution in [0.1, 0.15) is 40.3 Å². The summed E-state index contributed by atoms with van der Waals surface area (Å²) < 4.78 is 5.23. The van der Waals surface area contributed by atoms with Crippen LogP contribution in [0.2, 0.25) is 0 Å². The number of rotatable bonds is 3. The molecular weight excluding hydrogens is 278 g/mol. The molecule has 1 aliphatic heterocycles. The van der Waals surface area contributed by atoms with Crippen LogP contribution in [-0.4, -0.2) is 35.6 Å². The zero-order chi connectivity index (χ0) is 15.5. The van der Waals surface area contributed by atoms with Crippen LogP contribution in [0.15, 0.2) is 34.9 Å². The average molecular weight is 299 g/mol. The number of nitrogens with one attached hydrogen (secondary N) is 1. The number of benzene rings is 1. The SMILES string of the molecule is CCc1noc(C)c1C(=O)N1CCNC[C@@H]1c1ccccc1. The second-order valence-electron chi connectivity index (χ2n) is 5.54. The van der Waals surface area contributed by atoms with E-state index in [2.05, 4.69) is 22.6 Å². The van der Waals surface area contributed by atoms with Crippen molar-refractivity contribution in [2.45, 2.75) is 26.3 Å². The number of piperazine rings is 1. The van der Waals surface area contributed by atoms with Gasteiger partial charge < -0.3 is 14.7 Å². The van der Waals surface area contributed by atoms with E-state index in [1.54, 1.807) is 6.92 Å². The van der Waals surface area contributed by atoms with Crippen LogP contribution < -0.4 is 5.32 Å². The molecule has 1 fully saturated rings. The molecule has 1 atom stereocenters. The smallest absolute Gasteiger partial charge is 0.259 e. The summed E-state index contributed by atoms with van der Waals surface area (Å²) in [5, 5.41) is 7.38. The molecule has 22 heavy (non-hydrogen) atoms. The van der Waals surface area contributed by atoms with E-state index < -0.39 is 0 Å². The van der Waals surface area contributed by atoms with Gasteiger partial charge in [0.15, 0.2) is 0 Å². The topological polar surface area (TPSA) is 58.4 Å². The molecule has 1 amide bonds. The Morgan fingerprint density at radius 1 is 1.41 bits per heavy atom. The molecule has 0 bridgehead atoms. The highest BCUT2D eigenvalue weighted by molar-refractivity contribution is 5.96. The molecule has 5 heteroatoms. The Morgan fingerprint density at radius 2 is 2.18 bits per heavy atom. The number of hydrogen-bond donors (Lipinski definition) is 1. The van der Waals surface area contributed by atoms with E-state index in [0.717, 1.165) is 24.3 Å². The fraction of sp³-hybridized carbons (Fsp3) is 0.412. The van der Waals surface area contributed by atoms with Crippen molar-refractivity contribution < 1.29 is 9.32 Å². The predicted octanol–water partition coefficient (Wildman–Crippen LogP) is 2.33. The molecule has 1 saturated heterocycles. The van der Waals surface area contributed by atoms with Crippen molar-refractivity contribution in [3.63, 3.8) is 0 Å². The minimum absolute atomic E-state index is 0.0194. The second-order valence-corrected chi connectivity index (χ2v) is 5.54. The Morgan fingerprint density at radius 3 is 2.91 bits per heavy atom. The van der Waals surface area contributed by atoms with Crippen molar-refractivity contribution in [3.05, 3.63) is 52.9 Å². The van der Waals surface area contributed by atoms with Gasteiger partial charge in [-0.1, -0.05) is 42.4 Å². The highest BCUT2D eigenvalue weighted by Crippen LogP contribution is 2.26. The van der Waals surface area contributed by atoms with Gasteiger partial charge in [0, 0.05) is 19.6 Å². The quantitative estimate of drug-likeness (QED) is 0.945. The van der Waals surface area contributed by atoms with E-state index >= 15 is 0 Å². The molecule has 0 radical (unpaired) electrons. The predicted molar refractivity (Wildman–Crippen MR) is 83.7 cm³/mol. The highest BCUT2D eigenvalue weighted by atomic mass is 16.5. The molecule has 0 aliphatic carbocycles. The second kappa shape index (κ2) is 6.32. The monoisotopic (exact) mass is 299 g/mol. The lowest BCUT2D eigenvalue weighted by molar-refractivity contribution is 0.0631. The van der Waals surface area contributed by atoms with Crippen molar-refractivity contribution >= 4 is 5.91 Å². The molecule has 0 saturated carbocycles. The zero-order valence-electron chi connectivity index (χ0n) is 13.0. The summed E-state index contributed by atoms with van der Waals surface area (Å²) in [6, 6.07) is 10.2. The molecule has 5 nitrogen and oxygen atoms in total. The Balaban J connectivity index is 1.94. The van der Waals surface area contributed by atoms with Crippen molar-refractivity contribution in [2.24, 2.45) is 0 Å². The normalized spacial score (nSPS) is 18.5. The molecule has 2 heterocycles. The Hall–Kier alpha value is -2.14. The number of nitrogens with zero attached hydrogens (tertiary/aromatic N) is 2. The molecule has 116 valence electrons. The summed E-state index contributed by atoms with van der Waals surface area (Å²) >= 11 is 0. The van der Waals surface area contributed by atoms with E-state index in [9.17, 15) is 4.79 Å². The molecule has 1 N–H and O–H groups in total. The average Bonchev–Trinajstić information content (AvgIpc) is 2.96. The first-order valence-corrected chi connectivity index (χ1v) is 7.74. The van der Waals surface area contributed by atoms with Crippen molar-refractivity contribution in [1.29, 1.82) is 0 Å². The van der Waals surface area contributed by atoms with Crippen LogP contribution in [0.5, 0.6) is 0 Å². The van der Waals surface area contributed by atoms with Crippen LogP contribution >= 0.6 is 0 Å². The number of aromatic nitrogens is 1. The Bertz CT molecular complexity index is 651. The van der Waals surface area contributed by atoms with Gasteiger partial charge in [0.1, 0.15) is 11.3 Å². The Labute approximate surface area is 130 Å². The lowest BCUT2D eigenvalue weighted by Crippen LogP contribution is -2.48. The first kappa shape index (κ1) is 14.8. The lowest BCUT2D eigenvalue weighted by atomic mass is 10.0. The third-order valence-corrected chi connectivity index (χ3v) is 4.17. The molecule has 0 unspecified atom stereocenters. The highest BCUT2D eigenvalue weighted by Gasteiger charge is 2.32. The standard InChI is InChI=1S/C17H21N3O2/c1-3-14-16(12(2)22-19-14)17(21)20-10-9-18-11-15(20)13-7-5-4-6-8-13/h4-8,15,18H,3,9-11H2,1-2H3/t15-/m1/s1. The number of carbonyl (C=O) groups is 1. The summed E-state index contributed by atoms with van der Waals surface area (Å²) in [6.45, 7) is 6.05. The van der Waals surface area contributed by atoms with E-state index in [4.69, 9.17) is 4.52 Å². The zero-order valence-corrected chi connectivity index (χ0v) is 13.0. The van der Waals surface area contributed by atoms with E-state index in [1.165, 1.54) is 0 Å². The van der Waals surface area contributed by atoms with Crippen LogP contribution in [0.3, 0.4) is 0 Å². The van der Waals surface area contributed by atoms with Gasteiger partial charge in [0.2, 0.25) is 0 Å². The number of aryl methyl sites for hydroxylation is 2. The fourth-order valence-corrected chi connectivity index (χ4v) is 3.00. The van der Waals surface area contributed by atoms with Gasteiger partial charge in [0.05, 0.1) is 11.7 Å². The summed E-state index contributed by atoms with van der Waals surface area (Å²) in [5.41, 5.74) is 2.52. The lowest BCUT2D eigenvalue weighted by Gasteiger charge is -2.36. The van der Waals surface area contributed by atoms with Crippen LogP contribution in [0, 0.1) is 6.92 Å². The van der Waals surface area contributed by atoms with E-state index in [-0.39, 0.29) is 11.9 Å². The van der Waals surface area contributed by atoms with Gasteiger partial charge in [-0.15, -0.1) is 0 Å². The van der Waals surface area contributed by atoms with Gasteiger partial charge in [-0.3, -0.25) is 4.79 Å². The molecular formula is C17H21N3O2. The van der Waals surface area contributed by atoms with E-state index in [1.807, 2.05) is 30.0 Å². The molecule has 1 aliphatic rings. The van der Waals surface area contributed by atoms with E-state index in [0.29, 0.717) is 24.3 Å². The summed E-state index contributed by atoms with van der Waals surface area (Å²) in [4.78, 5) is 15.0. The molecule has 1 aromatic heterocycles. The number of hydrogen-bond acceptors (Lipinski definition) is 4. The van der Waals surface area contributed by atoms with Crippen LogP contribution in [0.25, 0.3) is 0 Å². The maximum Gasteiger partial charge on any atom is 0.259 e. The summed E-state index contributed by atoms with van der Waals surface area (Å²) in [6.07, 6.45) is 0.695. The molecule has 1 aromatic carbocycles. The number of carbonyl (C=O) groups excluding carboxylic acids is 1. The van der Waals surface area contributed by atoms with Crippen LogP contribution in [0.4, 0.5) is 0 Å². The Kier molecular flexibility index (Phi) is 4.24. The van der Waals surface area contributed by atoms with Crippen molar-refractivity contribution in [1.82, 2.24) is 15.4 Å². The maximum atomic E-state index is 13.0. The molecule has 0 spiro atoms. The summed E-state index contributed by atoms with van der Waals surface area (Å²) in [7, 11) is 0. The fourth-order valence-electron chi connectivity index (χ4n) is 3.00. The van der Waals surface area contributed by atoms with Crippen molar-refractivity contribution in [3.8, 4) is 0 Å². The van der Waals surface area contributed by atoms with Gasteiger partial charge in [0.25, 0.3) is 5.91 Å². The van der Waals surface area contributed by atoms with Gasteiger partial charge in [-0.25, -0.2) is 0 Å². The first-order valence-electron chi connectivity index (χ1n) is 7.74.